The molecular formula is C30H40N2O4S. The Labute approximate surface area is 224 Å². The zero-order valence-electron chi connectivity index (χ0n) is 22.5. The first-order valence-corrected chi connectivity index (χ1v) is 14.4. The highest BCUT2D eigenvalue weighted by atomic mass is 32.1. The van der Waals surface area contributed by atoms with E-state index in [9.17, 15) is 14.7 Å². The van der Waals surface area contributed by atoms with Crippen molar-refractivity contribution >= 4 is 34.6 Å². The van der Waals surface area contributed by atoms with Gasteiger partial charge in [0.2, 0.25) is 5.91 Å². The van der Waals surface area contributed by atoms with Gasteiger partial charge in [-0.2, -0.15) is 0 Å². The van der Waals surface area contributed by atoms with Crippen LogP contribution in [0.5, 0.6) is 5.75 Å². The molecule has 6 nitrogen and oxygen atoms in total. The highest BCUT2D eigenvalue weighted by molar-refractivity contribution is 7.14. The van der Waals surface area contributed by atoms with Gasteiger partial charge in [0, 0.05) is 22.5 Å². The molecule has 2 aliphatic rings. The molecule has 2 saturated carbocycles. The summed E-state index contributed by atoms with van der Waals surface area (Å²) in [5, 5.41) is 10.1. The first-order valence-electron chi connectivity index (χ1n) is 13.5. The van der Waals surface area contributed by atoms with Crippen molar-refractivity contribution in [1.82, 2.24) is 0 Å². The van der Waals surface area contributed by atoms with Crippen molar-refractivity contribution in [3.05, 3.63) is 46.2 Å². The molecule has 1 amide bonds. The number of aromatic carboxylic acids is 1. The number of rotatable bonds is 7. The fraction of sp³-hybridized carbons (Fsp3) is 0.567. The summed E-state index contributed by atoms with van der Waals surface area (Å²) < 4.78 is 5.74. The molecule has 1 aromatic carbocycles. The van der Waals surface area contributed by atoms with E-state index in [0.717, 1.165) is 67.7 Å². The van der Waals surface area contributed by atoms with Crippen LogP contribution in [0.3, 0.4) is 0 Å². The lowest BCUT2D eigenvalue weighted by atomic mass is 9.81. The van der Waals surface area contributed by atoms with Crippen LogP contribution in [0.15, 0.2) is 41.4 Å². The van der Waals surface area contributed by atoms with Gasteiger partial charge < -0.3 is 14.7 Å². The molecule has 2 aliphatic carbocycles. The van der Waals surface area contributed by atoms with E-state index in [2.05, 4.69) is 32.7 Å². The number of benzene rings is 1. The summed E-state index contributed by atoms with van der Waals surface area (Å²) in [7, 11) is 0. The molecule has 7 heteroatoms. The molecule has 0 radical (unpaired) electrons. The molecule has 1 N–H and O–H groups in total. The number of carbonyl (C=O) groups excluding carboxylic acids is 1. The molecule has 1 heterocycles. The van der Waals surface area contributed by atoms with Crippen LogP contribution in [0, 0.1) is 11.8 Å². The minimum absolute atomic E-state index is 0.0265. The summed E-state index contributed by atoms with van der Waals surface area (Å²) in [6.07, 6.45) is 6.99. The van der Waals surface area contributed by atoms with Crippen molar-refractivity contribution in [3.63, 3.8) is 0 Å². The number of amides is 1. The monoisotopic (exact) mass is 524 g/mol. The van der Waals surface area contributed by atoms with E-state index in [-0.39, 0.29) is 34.9 Å². The summed E-state index contributed by atoms with van der Waals surface area (Å²) in [5.74, 6) is 0.553. The lowest BCUT2D eigenvalue weighted by Gasteiger charge is -2.38. The summed E-state index contributed by atoms with van der Waals surface area (Å²) in [5.41, 5.74) is 1.50. The average Bonchev–Trinajstić information content (AvgIpc) is 3.32. The quantitative estimate of drug-likeness (QED) is 0.411. The lowest BCUT2D eigenvalue weighted by Crippen LogP contribution is -2.46. The third-order valence-corrected chi connectivity index (χ3v) is 9.21. The molecule has 0 atom stereocenters. The molecule has 4 rings (SSSR count). The lowest BCUT2D eigenvalue weighted by molar-refractivity contribution is -0.124. The van der Waals surface area contributed by atoms with Crippen LogP contribution in [0.4, 0.5) is 5.69 Å². The van der Waals surface area contributed by atoms with Gasteiger partial charge in [0.1, 0.15) is 10.6 Å². The number of hydrogen-bond donors (Lipinski definition) is 1. The predicted molar refractivity (Wildman–Crippen MR) is 150 cm³/mol. The first-order chi connectivity index (χ1) is 17.6. The second kappa shape index (κ2) is 11.8. The first kappa shape index (κ1) is 27.4. The van der Waals surface area contributed by atoms with E-state index in [1.165, 1.54) is 11.3 Å². The Hall–Kier alpha value is -2.67. The Morgan fingerprint density at radius 3 is 2.30 bits per heavy atom. The number of anilines is 1. The van der Waals surface area contributed by atoms with Crippen molar-refractivity contribution in [2.45, 2.75) is 90.5 Å². The molecule has 0 bridgehead atoms. The number of hydrogen-bond acceptors (Lipinski definition) is 5. The number of para-hydroxylation sites is 1. The Bertz CT molecular complexity index is 1100. The second-order valence-electron chi connectivity index (χ2n) is 11.6. The molecule has 37 heavy (non-hydrogen) atoms. The maximum absolute atomic E-state index is 14.0. The average molecular weight is 525 g/mol. The minimum Gasteiger partial charge on any atom is -0.477 e. The van der Waals surface area contributed by atoms with Gasteiger partial charge in [-0.3, -0.25) is 9.79 Å². The third-order valence-electron chi connectivity index (χ3n) is 7.67. The highest BCUT2D eigenvalue weighted by Crippen LogP contribution is 2.41. The van der Waals surface area contributed by atoms with Crippen LogP contribution < -0.4 is 9.64 Å². The third kappa shape index (κ3) is 6.81. The van der Waals surface area contributed by atoms with Crippen LogP contribution in [-0.4, -0.2) is 35.5 Å². The minimum atomic E-state index is -0.957. The van der Waals surface area contributed by atoms with Crippen LogP contribution in [-0.2, 0) is 10.2 Å². The maximum atomic E-state index is 14.0. The predicted octanol–water partition coefficient (Wildman–Crippen LogP) is 7.32. The molecule has 0 spiro atoms. The van der Waals surface area contributed by atoms with E-state index in [1.807, 2.05) is 41.3 Å². The number of carbonyl (C=O) groups is 2. The topological polar surface area (TPSA) is 79.2 Å². The standard InChI is InChI=1S/C30H40N2O4S/c1-20-10-12-21(13-11-20)28(33)32(25-18-26(30(2,3)4)37-27(25)29(34)35)23-16-14-22(15-17-23)31-19-36-24-8-6-5-7-9-24/h5-9,18,20-21,23H,10-17,19H2,1-4H3,(H,34,35)/t20-,21-,23?. The zero-order valence-corrected chi connectivity index (χ0v) is 23.4. The van der Waals surface area contributed by atoms with Gasteiger partial charge in [0.15, 0.2) is 6.73 Å². The second-order valence-corrected chi connectivity index (χ2v) is 12.6. The van der Waals surface area contributed by atoms with Gasteiger partial charge >= 0.3 is 5.97 Å². The van der Waals surface area contributed by atoms with E-state index in [4.69, 9.17) is 4.74 Å². The molecule has 0 unspecified atom stereocenters. The van der Waals surface area contributed by atoms with Crippen molar-refractivity contribution in [2.75, 3.05) is 11.6 Å². The molecular weight excluding hydrogens is 484 g/mol. The van der Waals surface area contributed by atoms with E-state index >= 15 is 0 Å². The van der Waals surface area contributed by atoms with E-state index in [0.29, 0.717) is 11.6 Å². The van der Waals surface area contributed by atoms with Crippen LogP contribution >= 0.6 is 11.3 Å². The number of nitrogens with zero attached hydrogens (tertiary/aromatic N) is 2. The zero-order chi connectivity index (χ0) is 26.6. The Morgan fingerprint density at radius 1 is 1.05 bits per heavy atom. The molecule has 2 fully saturated rings. The number of aliphatic imine (C=N–C) groups is 1. The van der Waals surface area contributed by atoms with Crippen molar-refractivity contribution in [3.8, 4) is 5.75 Å². The summed E-state index contributed by atoms with van der Waals surface area (Å²) >= 11 is 1.31. The van der Waals surface area contributed by atoms with Gasteiger partial charge in [-0.25, -0.2) is 4.79 Å². The fourth-order valence-corrected chi connectivity index (χ4v) is 6.39. The maximum Gasteiger partial charge on any atom is 0.348 e. The Morgan fingerprint density at radius 2 is 1.70 bits per heavy atom. The number of thiophene rings is 1. The van der Waals surface area contributed by atoms with Gasteiger partial charge in [0.25, 0.3) is 0 Å². The van der Waals surface area contributed by atoms with Crippen molar-refractivity contribution < 1.29 is 19.4 Å². The fourth-order valence-electron chi connectivity index (χ4n) is 5.35. The van der Waals surface area contributed by atoms with Crippen molar-refractivity contribution in [2.24, 2.45) is 16.8 Å². The van der Waals surface area contributed by atoms with Crippen LogP contribution in [0.25, 0.3) is 0 Å². The van der Waals surface area contributed by atoms with Gasteiger partial charge in [-0.05, 0) is 80.9 Å². The Balaban J connectivity index is 1.55. The smallest absolute Gasteiger partial charge is 0.348 e. The van der Waals surface area contributed by atoms with E-state index < -0.39 is 5.97 Å². The summed E-state index contributed by atoms with van der Waals surface area (Å²) in [6, 6.07) is 11.6. The number of carboxylic acids is 1. The highest BCUT2D eigenvalue weighted by Gasteiger charge is 2.37. The van der Waals surface area contributed by atoms with E-state index in [1.54, 1.807) is 0 Å². The number of ether oxygens (including phenoxy) is 1. The number of carboxylic acid groups (broad SMARTS) is 1. The molecule has 0 saturated heterocycles. The SMILES string of the molecule is CC(C)(C)c1cc(N(C(=O)[C@H]2CC[C@H](C)CC2)C2CCC(=NCOc3ccccc3)CC2)c(C(=O)O)s1. The molecule has 1 aromatic heterocycles. The summed E-state index contributed by atoms with van der Waals surface area (Å²) in [6.45, 7) is 8.80. The molecule has 2 aromatic rings. The van der Waals surface area contributed by atoms with Crippen molar-refractivity contribution in [1.29, 1.82) is 0 Å². The normalized spacial score (nSPS) is 22.4. The van der Waals surface area contributed by atoms with Crippen LogP contribution in [0.2, 0.25) is 0 Å². The van der Waals surface area contributed by atoms with Gasteiger partial charge in [-0.15, -0.1) is 11.3 Å². The Kier molecular flexibility index (Phi) is 8.73. The van der Waals surface area contributed by atoms with Gasteiger partial charge in [-0.1, -0.05) is 45.9 Å². The molecule has 200 valence electrons. The molecule has 0 aliphatic heterocycles. The summed E-state index contributed by atoms with van der Waals surface area (Å²) in [4.78, 5) is 34.2. The van der Waals surface area contributed by atoms with Crippen LogP contribution in [0.1, 0.15) is 93.6 Å². The van der Waals surface area contributed by atoms with Gasteiger partial charge in [0.05, 0.1) is 5.69 Å². The largest absolute Gasteiger partial charge is 0.477 e.